The van der Waals surface area contributed by atoms with E-state index in [0.29, 0.717) is 0 Å². The molecule has 0 fully saturated rings. The summed E-state index contributed by atoms with van der Waals surface area (Å²) in [4.78, 5) is 4.12. The molecule has 0 saturated heterocycles. The number of thioether (sulfide) groups is 1. The Hall–Kier alpha value is 0.0200. The first-order chi connectivity index (χ1) is 3.31. The van der Waals surface area contributed by atoms with Gasteiger partial charge in [0.05, 0.1) is 5.04 Å². The van der Waals surface area contributed by atoms with Gasteiger partial charge in [-0.3, -0.25) is 4.99 Å². The lowest BCUT2D eigenvalue weighted by Gasteiger charge is -1.87. The molecule has 0 aromatic heterocycles. The predicted molar refractivity (Wildman–Crippen MR) is 37.2 cm³/mol. The van der Waals surface area contributed by atoms with Crippen LogP contribution in [0.1, 0.15) is 13.8 Å². The minimum Gasteiger partial charge on any atom is -0.284 e. The molecule has 0 rings (SSSR count). The van der Waals surface area contributed by atoms with Gasteiger partial charge < -0.3 is 0 Å². The van der Waals surface area contributed by atoms with Crippen molar-refractivity contribution in [2.75, 3.05) is 12.8 Å². The van der Waals surface area contributed by atoms with E-state index in [2.05, 4.69) is 4.99 Å². The van der Waals surface area contributed by atoms with Gasteiger partial charge in [0.2, 0.25) is 0 Å². The molecule has 0 amide bonds. The molecular formula is C5H11NS. The van der Waals surface area contributed by atoms with E-state index in [-0.39, 0.29) is 0 Å². The first kappa shape index (κ1) is 7.02. The van der Waals surface area contributed by atoms with E-state index in [9.17, 15) is 0 Å². The molecule has 2 heteroatoms. The van der Waals surface area contributed by atoms with E-state index in [1.165, 1.54) is 5.04 Å². The van der Waals surface area contributed by atoms with Crippen LogP contribution in [0.25, 0.3) is 0 Å². The fourth-order valence-electron chi connectivity index (χ4n) is 0.287. The normalized spacial score (nSPS) is 12.1. The highest BCUT2D eigenvalue weighted by Crippen LogP contribution is 1.94. The average Bonchev–Trinajstić information content (AvgIpc) is 1.68. The Morgan fingerprint density at radius 3 is 2.43 bits per heavy atom. The predicted octanol–water partition coefficient (Wildman–Crippen LogP) is 1.79. The van der Waals surface area contributed by atoms with Crippen molar-refractivity contribution in [2.45, 2.75) is 13.8 Å². The van der Waals surface area contributed by atoms with Gasteiger partial charge in [-0.1, -0.05) is 0 Å². The fourth-order valence-corrected chi connectivity index (χ4v) is 0.545. The first-order valence-corrected chi connectivity index (χ1v) is 3.58. The minimum atomic E-state index is 0.909. The summed E-state index contributed by atoms with van der Waals surface area (Å²) in [5, 5.41) is 1.17. The van der Waals surface area contributed by atoms with Gasteiger partial charge in [0, 0.05) is 6.54 Å². The van der Waals surface area contributed by atoms with E-state index in [4.69, 9.17) is 0 Å². The zero-order valence-corrected chi connectivity index (χ0v) is 5.88. The second kappa shape index (κ2) is 4.19. The second-order valence-electron chi connectivity index (χ2n) is 1.20. The topological polar surface area (TPSA) is 12.4 Å². The molecule has 0 N–H and O–H groups in total. The Morgan fingerprint density at radius 2 is 2.29 bits per heavy atom. The van der Waals surface area contributed by atoms with Gasteiger partial charge in [0.25, 0.3) is 0 Å². The summed E-state index contributed by atoms with van der Waals surface area (Å²) in [6, 6.07) is 0. The minimum absolute atomic E-state index is 0.909. The maximum Gasteiger partial charge on any atom is 0.0642 e. The quantitative estimate of drug-likeness (QED) is 0.377. The highest BCUT2D eigenvalue weighted by molar-refractivity contribution is 8.13. The number of hydrogen-bond acceptors (Lipinski definition) is 2. The number of aliphatic imine (C=N–C) groups is 1. The SMILES string of the molecule is CCN=C(C)SC. The van der Waals surface area contributed by atoms with Crippen LogP contribution in [0.5, 0.6) is 0 Å². The van der Waals surface area contributed by atoms with Crippen molar-refractivity contribution in [1.29, 1.82) is 0 Å². The Kier molecular flexibility index (Phi) is 4.20. The summed E-state index contributed by atoms with van der Waals surface area (Å²) in [6.45, 7) is 4.97. The van der Waals surface area contributed by atoms with Gasteiger partial charge in [-0.25, -0.2) is 0 Å². The standard InChI is InChI=1S/C5H11NS/c1-4-6-5(2)7-3/h4H2,1-3H3. The van der Waals surface area contributed by atoms with Crippen LogP contribution in [0, 0.1) is 0 Å². The van der Waals surface area contributed by atoms with Gasteiger partial charge in [-0.15, -0.1) is 11.8 Å². The number of rotatable bonds is 1. The Labute approximate surface area is 49.2 Å². The van der Waals surface area contributed by atoms with E-state index in [1.54, 1.807) is 11.8 Å². The van der Waals surface area contributed by atoms with Crippen molar-refractivity contribution in [1.82, 2.24) is 0 Å². The lowest BCUT2D eigenvalue weighted by atomic mass is 10.7. The van der Waals surface area contributed by atoms with Crippen molar-refractivity contribution in [3.8, 4) is 0 Å². The van der Waals surface area contributed by atoms with Crippen LogP contribution < -0.4 is 0 Å². The van der Waals surface area contributed by atoms with Gasteiger partial charge in [0.15, 0.2) is 0 Å². The fraction of sp³-hybridized carbons (Fsp3) is 0.800. The summed E-state index contributed by atoms with van der Waals surface area (Å²) in [7, 11) is 0. The molecule has 42 valence electrons. The molecule has 0 radical (unpaired) electrons. The maximum absolute atomic E-state index is 4.12. The molecule has 0 aromatic carbocycles. The molecule has 0 aliphatic heterocycles. The van der Waals surface area contributed by atoms with Crippen molar-refractivity contribution in [3.05, 3.63) is 0 Å². The zero-order chi connectivity index (χ0) is 5.70. The van der Waals surface area contributed by atoms with Crippen molar-refractivity contribution in [2.24, 2.45) is 4.99 Å². The molecule has 0 aliphatic carbocycles. The monoisotopic (exact) mass is 117 g/mol. The summed E-state index contributed by atoms with van der Waals surface area (Å²) < 4.78 is 0. The summed E-state index contributed by atoms with van der Waals surface area (Å²) in [5.74, 6) is 0. The molecule has 0 aliphatic rings. The molecule has 0 spiro atoms. The molecule has 0 heterocycles. The van der Waals surface area contributed by atoms with Crippen LogP contribution in [0.3, 0.4) is 0 Å². The van der Waals surface area contributed by atoms with E-state index < -0.39 is 0 Å². The van der Waals surface area contributed by atoms with Crippen LogP contribution in [0.4, 0.5) is 0 Å². The second-order valence-corrected chi connectivity index (χ2v) is 2.20. The van der Waals surface area contributed by atoms with Crippen molar-refractivity contribution >= 4 is 16.8 Å². The van der Waals surface area contributed by atoms with Crippen molar-refractivity contribution < 1.29 is 0 Å². The highest BCUT2D eigenvalue weighted by Gasteiger charge is 1.78. The van der Waals surface area contributed by atoms with E-state index in [1.807, 2.05) is 20.1 Å². The summed E-state index contributed by atoms with van der Waals surface area (Å²) in [5.41, 5.74) is 0. The zero-order valence-electron chi connectivity index (χ0n) is 5.06. The van der Waals surface area contributed by atoms with Gasteiger partial charge in [-0.2, -0.15) is 0 Å². The molecular weight excluding hydrogens is 106 g/mol. The maximum atomic E-state index is 4.12. The first-order valence-electron chi connectivity index (χ1n) is 2.36. The van der Waals surface area contributed by atoms with Crippen molar-refractivity contribution in [3.63, 3.8) is 0 Å². The van der Waals surface area contributed by atoms with E-state index in [0.717, 1.165) is 6.54 Å². The largest absolute Gasteiger partial charge is 0.284 e. The highest BCUT2D eigenvalue weighted by atomic mass is 32.2. The molecule has 0 atom stereocenters. The van der Waals surface area contributed by atoms with Gasteiger partial charge in [0.1, 0.15) is 0 Å². The average molecular weight is 117 g/mol. The molecule has 0 bridgehead atoms. The van der Waals surface area contributed by atoms with Crippen LogP contribution in [0.15, 0.2) is 4.99 Å². The Balaban J connectivity index is 3.29. The molecule has 0 aromatic rings. The van der Waals surface area contributed by atoms with Crippen LogP contribution in [-0.2, 0) is 0 Å². The molecule has 0 unspecified atom stereocenters. The molecule has 0 saturated carbocycles. The van der Waals surface area contributed by atoms with Gasteiger partial charge in [-0.05, 0) is 20.1 Å². The summed E-state index contributed by atoms with van der Waals surface area (Å²) in [6.07, 6.45) is 2.04. The lowest BCUT2D eigenvalue weighted by Crippen LogP contribution is -1.80. The number of nitrogens with zero attached hydrogens (tertiary/aromatic N) is 1. The summed E-state index contributed by atoms with van der Waals surface area (Å²) >= 11 is 1.70. The Morgan fingerprint density at radius 1 is 1.71 bits per heavy atom. The van der Waals surface area contributed by atoms with Crippen LogP contribution in [0.2, 0.25) is 0 Å². The number of hydrogen-bond donors (Lipinski definition) is 0. The molecule has 1 nitrogen and oxygen atoms in total. The Bertz CT molecular complexity index is 68.5. The smallest absolute Gasteiger partial charge is 0.0642 e. The third-order valence-electron chi connectivity index (χ3n) is 0.676. The molecule has 7 heavy (non-hydrogen) atoms. The third-order valence-corrected chi connectivity index (χ3v) is 1.40. The van der Waals surface area contributed by atoms with Crippen LogP contribution >= 0.6 is 11.8 Å². The van der Waals surface area contributed by atoms with Gasteiger partial charge >= 0.3 is 0 Å². The van der Waals surface area contributed by atoms with E-state index >= 15 is 0 Å². The van der Waals surface area contributed by atoms with Crippen LogP contribution in [-0.4, -0.2) is 17.8 Å². The third kappa shape index (κ3) is 3.86. The lowest BCUT2D eigenvalue weighted by molar-refractivity contribution is 1.13.